The average Bonchev–Trinajstić information content (AvgIpc) is 2.97. The molecule has 0 aliphatic heterocycles. The van der Waals surface area contributed by atoms with E-state index >= 15 is 0 Å². The number of non-ortho nitro benzene ring substituents is 1. The number of nitro benzene ring substituents is 1. The molecule has 0 aliphatic carbocycles. The zero-order valence-electron chi connectivity index (χ0n) is 12.7. The van der Waals surface area contributed by atoms with Gasteiger partial charge in [0.1, 0.15) is 6.10 Å². The molecule has 1 unspecified atom stereocenters. The number of aromatic nitrogens is 1. The maximum Gasteiger partial charge on any atom is 0.340 e. The Balaban J connectivity index is 1.84. The molecule has 6 nitrogen and oxygen atoms in total. The highest BCUT2D eigenvalue weighted by Crippen LogP contribution is 2.26. The van der Waals surface area contributed by atoms with Crippen LogP contribution in [0.4, 0.5) is 5.69 Å². The van der Waals surface area contributed by atoms with Crippen LogP contribution in [-0.2, 0) is 4.74 Å². The topological polar surface area (TPSA) is 85.2 Å². The third-order valence-corrected chi connectivity index (χ3v) is 4.19. The molecule has 2 aromatic carbocycles. The van der Waals surface area contributed by atoms with E-state index in [1.807, 2.05) is 18.2 Å². The van der Waals surface area contributed by atoms with Crippen molar-refractivity contribution in [2.75, 3.05) is 0 Å². The molecule has 0 saturated heterocycles. The van der Waals surface area contributed by atoms with Crippen LogP contribution in [-0.4, -0.2) is 15.9 Å². The summed E-state index contributed by atoms with van der Waals surface area (Å²) >= 11 is 3.38. The molecule has 0 fully saturated rings. The van der Waals surface area contributed by atoms with Crippen LogP contribution in [0.15, 0.2) is 53.1 Å². The number of fused-ring (bicyclic) bond motifs is 1. The molecule has 0 amide bonds. The molecule has 0 saturated carbocycles. The van der Waals surface area contributed by atoms with Gasteiger partial charge in [-0.25, -0.2) is 4.79 Å². The van der Waals surface area contributed by atoms with Gasteiger partial charge in [-0.05, 0) is 30.7 Å². The molecule has 0 bridgehead atoms. The van der Waals surface area contributed by atoms with Crippen LogP contribution in [0.25, 0.3) is 10.9 Å². The summed E-state index contributed by atoms with van der Waals surface area (Å²) in [4.78, 5) is 25.8. The number of H-pyrrole nitrogens is 1. The minimum atomic E-state index is -0.602. The van der Waals surface area contributed by atoms with Gasteiger partial charge in [-0.1, -0.05) is 28.1 Å². The van der Waals surface area contributed by atoms with Crippen molar-refractivity contribution in [3.05, 3.63) is 74.4 Å². The van der Waals surface area contributed by atoms with E-state index in [0.717, 1.165) is 15.4 Å². The highest BCUT2D eigenvalue weighted by Gasteiger charge is 2.19. The van der Waals surface area contributed by atoms with Gasteiger partial charge in [-0.3, -0.25) is 10.1 Å². The highest BCUT2D eigenvalue weighted by molar-refractivity contribution is 9.10. The predicted molar refractivity (Wildman–Crippen MR) is 92.9 cm³/mol. The summed E-state index contributed by atoms with van der Waals surface area (Å²) in [6, 6.07) is 11.6. The summed E-state index contributed by atoms with van der Waals surface area (Å²) in [6.45, 7) is 1.68. The van der Waals surface area contributed by atoms with Crippen LogP contribution in [0, 0.1) is 10.1 Å². The molecule has 3 aromatic rings. The molecule has 24 heavy (non-hydrogen) atoms. The van der Waals surface area contributed by atoms with E-state index < -0.39 is 17.0 Å². The van der Waals surface area contributed by atoms with E-state index in [2.05, 4.69) is 20.9 Å². The first kappa shape index (κ1) is 16.2. The minimum absolute atomic E-state index is 0.0357. The number of halogens is 1. The summed E-state index contributed by atoms with van der Waals surface area (Å²) in [5.74, 6) is -0.488. The van der Waals surface area contributed by atoms with Gasteiger partial charge in [0.05, 0.1) is 10.5 Å². The fourth-order valence-electron chi connectivity index (χ4n) is 2.45. The number of ether oxygens (including phenoxy) is 1. The third kappa shape index (κ3) is 3.16. The fraction of sp³-hybridized carbons (Fsp3) is 0.118. The van der Waals surface area contributed by atoms with Gasteiger partial charge in [0.2, 0.25) is 0 Å². The number of benzene rings is 2. The summed E-state index contributed by atoms with van der Waals surface area (Å²) < 4.78 is 6.32. The minimum Gasteiger partial charge on any atom is -0.454 e. The smallest absolute Gasteiger partial charge is 0.340 e. The lowest BCUT2D eigenvalue weighted by molar-refractivity contribution is -0.385. The van der Waals surface area contributed by atoms with Crippen LogP contribution in [0.3, 0.4) is 0 Å². The number of esters is 1. The van der Waals surface area contributed by atoms with Crippen LogP contribution >= 0.6 is 15.9 Å². The van der Waals surface area contributed by atoms with Crippen molar-refractivity contribution in [3.63, 3.8) is 0 Å². The van der Waals surface area contributed by atoms with Gasteiger partial charge < -0.3 is 9.72 Å². The number of carbonyl (C=O) groups is 1. The van der Waals surface area contributed by atoms with E-state index in [0.29, 0.717) is 11.1 Å². The number of rotatable bonds is 4. The van der Waals surface area contributed by atoms with Crippen LogP contribution in [0.5, 0.6) is 0 Å². The van der Waals surface area contributed by atoms with E-state index in [9.17, 15) is 14.9 Å². The first-order chi connectivity index (χ1) is 11.5. The Hall–Kier alpha value is -2.67. The van der Waals surface area contributed by atoms with E-state index in [-0.39, 0.29) is 5.69 Å². The monoisotopic (exact) mass is 388 g/mol. The zero-order chi connectivity index (χ0) is 17.3. The second kappa shape index (κ2) is 6.45. The lowest BCUT2D eigenvalue weighted by Crippen LogP contribution is -2.09. The van der Waals surface area contributed by atoms with Gasteiger partial charge in [0.15, 0.2) is 0 Å². The molecular formula is C17H13BrN2O4. The number of hydrogen-bond donors (Lipinski definition) is 1. The molecule has 7 heteroatoms. The quantitative estimate of drug-likeness (QED) is 0.396. The summed E-state index contributed by atoms with van der Waals surface area (Å²) in [5.41, 5.74) is 1.78. The van der Waals surface area contributed by atoms with Gasteiger partial charge in [0.25, 0.3) is 5.69 Å². The average molecular weight is 389 g/mol. The number of hydrogen-bond acceptors (Lipinski definition) is 4. The molecule has 1 heterocycles. The van der Waals surface area contributed by atoms with Crippen LogP contribution in [0.2, 0.25) is 0 Å². The van der Waals surface area contributed by atoms with Crippen molar-refractivity contribution in [2.45, 2.75) is 13.0 Å². The normalized spacial score (nSPS) is 12.1. The van der Waals surface area contributed by atoms with Gasteiger partial charge in [-0.15, -0.1) is 0 Å². The van der Waals surface area contributed by atoms with Crippen LogP contribution < -0.4 is 0 Å². The maximum atomic E-state index is 12.4. The summed E-state index contributed by atoms with van der Waals surface area (Å²) in [5, 5.41) is 11.6. The predicted octanol–water partition coefficient (Wildman–Crippen LogP) is 4.76. The highest BCUT2D eigenvalue weighted by atomic mass is 79.9. The lowest BCUT2D eigenvalue weighted by Gasteiger charge is -2.13. The Morgan fingerprint density at radius 3 is 2.83 bits per heavy atom. The fourth-order valence-corrected chi connectivity index (χ4v) is 2.81. The summed E-state index contributed by atoms with van der Waals surface area (Å²) in [6.07, 6.45) is 0.995. The first-order valence-electron chi connectivity index (χ1n) is 7.17. The third-order valence-electron chi connectivity index (χ3n) is 3.70. The maximum absolute atomic E-state index is 12.4. The second-order valence-corrected chi connectivity index (χ2v) is 6.21. The van der Waals surface area contributed by atoms with Crippen molar-refractivity contribution in [3.8, 4) is 0 Å². The van der Waals surface area contributed by atoms with E-state index in [1.165, 1.54) is 12.1 Å². The van der Waals surface area contributed by atoms with Crippen molar-refractivity contribution in [1.29, 1.82) is 0 Å². The zero-order valence-corrected chi connectivity index (χ0v) is 14.2. The Bertz CT molecular complexity index is 935. The van der Waals surface area contributed by atoms with Crippen molar-refractivity contribution in [2.24, 2.45) is 0 Å². The molecule has 1 N–H and O–H groups in total. The lowest BCUT2D eigenvalue weighted by atomic mass is 10.1. The van der Waals surface area contributed by atoms with E-state index in [1.54, 1.807) is 25.3 Å². The number of carbonyl (C=O) groups excluding carboxylic acids is 1. The Kier molecular flexibility index (Phi) is 4.35. The SMILES string of the molecule is CC(OC(=O)c1c[nH]c2ccc(Br)cc12)c1cccc([N+](=O)[O-])c1. The number of nitro groups is 1. The van der Waals surface area contributed by atoms with Crippen molar-refractivity contribution in [1.82, 2.24) is 4.98 Å². The number of nitrogens with zero attached hydrogens (tertiary/aromatic N) is 1. The first-order valence-corrected chi connectivity index (χ1v) is 7.97. The molecule has 122 valence electrons. The molecular weight excluding hydrogens is 376 g/mol. The van der Waals surface area contributed by atoms with E-state index in [4.69, 9.17) is 4.74 Å². The Morgan fingerprint density at radius 1 is 1.29 bits per heavy atom. The second-order valence-electron chi connectivity index (χ2n) is 5.29. The number of nitrogens with one attached hydrogen (secondary N) is 1. The molecule has 1 aromatic heterocycles. The standard InChI is InChI=1S/C17H13BrN2O4/c1-10(11-3-2-4-13(7-11)20(22)23)24-17(21)15-9-19-16-6-5-12(18)8-14(15)16/h2-10,19H,1H3. The molecule has 0 aliphatic rings. The van der Waals surface area contributed by atoms with Gasteiger partial charge >= 0.3 is 5.97 Å². The van der Waals surface area contributed by atoms with Gasteiger partial charge in [-0.2, -0.15) is 0 Å². The Labute approximate surface area is 145 Å². The molecule has 0 radical (unpaired) electrons. The largest absolute Gasteiger partial charge is 0.454 e. The van der Waals surface area contributed by atoms with Crippen LogP contribution in [0.1, 0.15) is 28.9 Å². The van der Waals surface area contributed by atoms with Crippen molar-refractivity contribution < 1.29 is 14.5 Å². The molecule has 0 spiro atoms. The number of aromatic amines is 1. The Morgan fingerprint density at radius 2 is 2.08 bits per heavy atom. The van der Waals surface area contributed by atoms with Gasteiger partial charge in [0, 0.05) is 33.7 Å². The summed E-state index contributed by atoms with van der Waals surface area (Å²) in [7, 11) is 0. The molecule has 3 rings (SSSR count). The molecule has 1 atom stereocenters. The van der Waals surface area contributed by atoms with Crippen molar-refractivity contribution >= 4 is 38.5 Å².